The number of aromatic nitrogens is 2. The van der Waals surface area contributed by atoms with Crippen LogP contribution in [-0.2, 0) is 17.9 Å². The molecular weight excluding hydrogens is 404 g/mol. The molecule has 31 heavy (non-hydrogen) atoms. The number of benzene rings is 2. The maximum absolute atomic E-state index is 12.5. The third kappa shape index (κ3) is 6.95. The zero-order valence-corrected chi connectivity index (χ0v) is 17.0. The van der Waals surface area contributed by atoms with Crippen LogP contribution in [0.3, 0.4) is 0 Å². The third-order valence-corrected chi connectivity index (χ3v) is 4.32. The Balaban J connectivity index is 1.53. The average Bonchev–Trinajstić information content (AvgIpc) is 3.26. The Morgan fingerprint density at radius 2 is 1.94 bits per heavy atom. The van der Waals surface area contributed by atoms with E-state index in [9.17, 15) is 13.6 Å². The molecule has 0 spiro atoms. The highest BCUT2D eigenvalue weighted by Crippen LogP contribution is 2.30. The van der Waals surface area contributed by atoms with Crippen LogP contribution in [0.5, 0.6) is 11.5 Å². The Kier molecular flexibility index (Phi) is 7.75. The highest BCUT2D eigenvalue weighted by atomic mass is 19.3. The van der Waals surface area contributed by atoms with E-state index in [0.717, 1.165) is 17.7 Å². The van der Waals surface area contributed by atoms with Crippen molar-refractivity contribution in [2.75, 3.05) is 6.61 Å². The number of hydrogen-bond acceptors (Lipinski definition) is 4. The zero-order valence-electron chi connectivity index (χ0n) is 17.0. The number of nitrogens with one attached hydrogen (secondary N) is 1. The summed E-state index contributed by atoms with van der Waals surface area (Å²) in [6, 6.07) is 12.5. The molecule has 0 bridgehead atoms. The summed E-state index contributed by atoms with van der Waals surface area (Å²) in [5.74, 6) is -0.121. The molecule has 3 aromatic rings. The molecular formula is C23H23F2N3O3. The number of imidazole rings is 1. The van der Waals surface area contributed by atoms with E-state index < -0.39 is 6.61 Å². The molecule has 0 aliphatic heterocycles. The first-order chi connectivity index (χ1) is 15.0. The topological polar surface area (TPSA) is 65.4 Å². The molecule has 1 aromatic heterocycles. The lowest BCUT2D eigenvalue weighted by molar-refractivity contribution is -0.116. The van der Waals surface area contributed by atoms with Gasteiger partial charge in [0, 0.05) is 31.6 Å². The summed E-state index contributed by atoms with van der Waals surface area (Å²) >= 11 is 0. The first kappa shape index (κ1) is 22.0. The summed E-state index contributed by atoms with van der Waals surface area (Å²) in [5, 5.41) is 2.82. The second-order valence-electron chi connectivity index (χ2n) is 6.62. The van der Waals surface area contributed by atoms with E-state index in [-0.39, 0.29) is 17.4 Å². The third-order valence-electron chi connectivity index (χ3n) is 4.32. The zero-order chi connectivity index (χ0) is 22.1. The molecule has 162 valence electrons. The van der Waals surface area contributed by atoms with E-state index in [1.54, 1.807) is 37.7 Å². The van der Waals surface area contributed by atoms with Gasteiger partial charge in [0.25, 0.3) is 0 Å². The Hall–Kier alpha value is -3.68. The summed E-state index contributed by atoms with van der Waals surface area (Å²) in [5.41, 5.74) is 2.74. The van der Waals surface area contributed by atoms with Gasteiger partial charge in [0.1, 0.15) is 0 Å². The molecule has 0 radical (unpaired) electrons. The van der Waals surface area contributed by atoms with Crippen molar-refractivity contribution < 1.29 is 23.0 Å². The van der Waals surface area contributed by atoms with Gasteiger partial charge >= 0.3 is 6.61 Å². The lowest BCUT2D eigenvalue weighted by atomic mass is 10.1. The van der Waals surface area contributed by atoms with Gasteiger partial charge < -0.3 is 19.4 Å². The number of halogens is 2. The summed E-state index contributed by atoms with van der Waals surface area (Å²) in [7, 11) is 0. The van der Waals surface area contributed by atoms with Crippen molar-refractivity contribution in [1.29, 1.82) is 0 Å². The maximum Gasteiger partial charge on any atom is 0.387 e. The van der Waals surface area contributed by atoms with Crippen molar-refractivity contribution in [3.63, 3.8) is 0 Å². The SMILES string of the molecule is CCOc1cc(/C=C/C(=O)NCc2ccc(Cn3ccnc3)cc2)ccc1OC(F)F. The fourth-order valence-corrected chi connectivity index (χ4v) is 2.86. The van der Waals surface area contributed by atoms with E-state index in [4.69, 9.17) is 4.74 Å². The minimum absolute atomic E-state index is 0.0464. The molecule has 0 fully saturated rings. The first-order valence-corrected chi connectivity index (χ1v) is 9.74. The molecule has 0 saturated carbocycles. The highest BCUT2D eigenvalue weighted by molar-refractivity contribution is 5.91. The quantitative estimate of drug-likeness (QED) is 0.491. The molecule has 1 N–H and O–H groups in total. The maximum atomic E-state index is 12.5. The molecule has 1 amide bonds. The number of ether oxygens (including phenoxy) is 2. The van der Waals surface area contributed by atoms with Crippen molar-refractivity contribution >= 4 is 12.0 Å². The van der Waals surface area contributed by atoms with Gasteiger partial charge in [-0.1, -0.05) is 30.3 Å². The van der Waals surface area contributed by atoms with Gasteiger partial charge in [-0.2, -0.15) is 8.78 Å². The standard InChI is InChI=1S/C23H23F2N3O3/c1-2-30-21-13-17(7-9-20(21)31-23(24)25)8-10-22(29)27-14-18-3-5-19(6-4-18)15-28-12-11-26-16-28/h3-13,16,23H,2,14-15H2,1H3,(H,27,29)/b10-8+. The number of alkyl halides is 2. The Morgan fingerprint density at radius 1 is 1.16 bits per heavy atom. The minimum atomic E-state index is -2.94. The first-order valence-electron chi connectivity index (χ1n) is 9.74. The van der Waals surface area contributed by atoms with Crippen LogP contribution in [0.25, 0.3) is 6.08 Å². The molecule has 0 aliphatic carbocycles. The smallest absolute Gasteiger partial charge is 0.387 e. The van der Waals surface area contributed by atoms with Crippen LogP contribution < -0.4 is 14.8 Å². The van der Waals surface area contributed by atoms with Crippen LogP contribution in [0, 0.1) is 0 Å². The van der Waals surface area contributed by atoms with Gasteiger partial charge in [0.15, 0.2) is 11.5 Å². The van der Waals surface area contributed by atoms with E-state index >= 15 is 0 Å². The Morgan fingerprint density at radius 3 is 2.61 bits per heavy atom. The summed E-state index contributed by atoms with van der Waals surface area (Å²) in [6.07, 6.45) is 8.36. The molecule has 6 nitrogen and oxygen atoms in total. The van der Waals surface area contributed by atoms with Crippen LogP contribution in [0.2, 0.25) is 0 Å². The number of carbonyl (C=O) groups excluding carboxylic acids is 1. The molecule has 0 saturated heterocycles. The summed E-state index contributed by atoms with van der Waals surface area (Å²) < 4.78 is 36.7. The lowest BCUT2D eigenvalue weighted by Gasteiger charge is -2.11. The number of carbonyl (C=O) groups is 1. The molecule has 0 aliphatic rings. The van der Waals surface area contributed by atoms with Crippen molar-refractivity contribution in [3.8, 4) is 11.5 Å². The van der Waals surface area contributed by atoms with E-state index in [1.165, 1.54) is 12.1 Å². The molecule has 1 heterocycles. The second kappa shape index (κ2) is 10.9. The average molecular weight is 427 g/mol. The molecule has 0 unspecified atom stereocenters. The molecule has 8 heteroatoms. The van der Waals surface area contributed by atoms with Gasteiger partial charge in [0.2, 0.25) is 5.91 Å². The largest absolute Gasteiger partial charge is 0.490 e. The highest BCUT2D eigenvalue weighted by Gasteiger charge is 2.11. The van der Waals surface area contributed by atoms with Gasteiger partial charge in [-0.05, 0) is 41.8 Å². The molecule has 0 atom stereocenters. The fraction of sp³-hybridized carbons (Fsp3) is 0.217. The number of amides is 1. The van der Waals surface area contributed by atoms with Crippen LogP contribution >= 0.6 is 0 Å². The molecule has 2 aromatic carbocycles. The predicted molar refractivity (Wildman–Crippen MR) is 113 cm³/mol. The normalized spacial score (nSPS) is 11.1. The van der Waals surface area contributed by atoms with Crippen molar-refractivity contribution in [1.82, 2.24) is 14.9 Å². The fourth-order valence-electron chi connectivity index (χ4n) is 2.86. The molecule has 3 rings (SSSR count). The summed E-state index contributed by atoms with van der Waals surface area (Å²) in [6.45, 7) is 0.229. The lowest BCUT2D eigenvalue weighted by Crippen LogP contribution is -2.20. The van der Waals surface area contributed by atoms with Crippen LogP contribution in [0.15, 0.2) is 67.3 Å². The van der Waals surface area contributed by atoms with E-state index in [0.29, 0.717) is 18.7 Å². The predicted octanol–water partition coefficient (Wildman–Crippen LogP) is 4.26. The van der Waals surface area contributed by atoms with Crippen LogP contribution in [-0.4, -0.2) is 28.7 Å². The second-order valence-corrected chi connectivity index (χ2v) is 6.62. The number of rotatable bonds is 10. The van der Waals surface area contributed by atoms with Crippen LogP contribution in [0.1, 0.15) is 23.6 Å². The minimum Gasteiger partial charge on any atom is -0.490 e. The van der Waals surface area contributed by atoms with Crippen molar-refractivity contribution in [3.05, 3.63) is 84.0 Å². The van der Waals surface area contributed by atoms with Gasteiger partial charge in [-0.25, -0.2) is 4.98 Å². The monoisotopic (exact) mass is 427 g/mol. The van der Waals surface area contributed by atoms with Gasteiger partial charge in [-0.3, -0.25) is 4.79 Å². The van der Waals surface area contributed by atoms with E-state index in [1.807, 2.05) is 35.0 Å². The van der Waals surface area contributed by atoms with Gasteiger partial charge in [-0.15, -0.1) is 0 Å². The number of hydrogen-bond donors (Lipinski definition) is 1. The Labute approximate surface area is 179 Å². The van der Waals surface area contributed by atoms with Crippen LogP contribution in [0.4, 0.5) is 8.78 Å². The van der Waals surface area contributed by atoms with Crippen molar-refractivity contribution in [2.45, 2.75) is 26.6 Å². The summed E-state index contributed by atoms with van der Waals surface area (Å²) in [4.78, 5) is 16.1. The van der Waals surface area contributed by atoms with Gasteiger partial charge in [0.05, 0.1) is 12.9 Å². The van der Waals surface area contributed by atoms with E-state index in [2.05, 4.69) is 15.0 Å². The van der Waals surface area contributed by atoms with Crippen molar-refractivity contribution in [2.24, 2.45) is 0 Å². The Bertz CT molecular complexity index is 1000. The number of nitrogens with zero attached hydrogens (tertiary/aromatic N) is 2.